The average Bonchev–Trinajstić information content (AvgIpc) is 2.78. The molecule has 0 spiro atoms. The molecule has 0 bridgehead atoms. The SMILES string of the molecule is Cc1ccc(C(=O)NC(C(=O)Nc2cccc(C(=O)Nc3ccccn3)c2)C(C)C)cc1. The predicted octanol–water partition coefficient (Wildman–Crippen LogP) is 4.04. The molecule has 164 valence electrons. The first-order valence-corrected chi connectivity index (χ1v) is 10.3. The Morgan fingerprint density at radius 1 is 0.812 bits per heavy atom. The Hall–Kier alpha value is -4.00. The van der Waals surface area contributed by atoms with E-state index in [1.807, 2.05) is 32.9 Å². The van der Waals surface area contributed by atoms with Crippen molar-refractivity contribution in [3.8, 4) is 0 Å². The number of carbonyl (C=O) groups is 3. The van der Waals surface area contributed by atoms with Crippen LogP contribution in [0.4, 0.5) is 11.5 Å². The highest BCUT2D eigenvalue weighted by Crippen LogP contribution is 2.15. The van der Waals surface area contributed by atoms with Crippen LogP contribution < -0.4 is 16.0 Å². The average molecular weight is 431 g/mol. The zero-order valence-electron chi connectivity index (χ0n) is 18.3. The molecule has 0 radical (unpaired) electrons. The summed E-state index contributed by atoms with van der Waals surface area (Å²) in [6, 6.07) is 18.2. The van der Waals surface area contributed by atoms with Crippen molar-refractivity contribution in [1.29, 1.82) is 0 Å². The first kappa shape index (κ1) is 22.7. The van der Waals surface area contributed by atoms with Crippen molar-refractivity contribution >= 4 is 29.2 Å². The summed E-state index contributed by atoms with van der Waals surface area (Å²) in [6.45, 7) is 5.66. The number of nitrogens with zero attached hydrogens (tertiary/aromatic N) is 1. The number of pyridine rings is 1. The lowest BCUT2D eigenvalue weighted by atomic mass is 10.0. The Bertz CT molecular complexity index is 1100. The van der Waals surface area contributed by atoms with Crippen molar-refractivity contribution < 1.29 is 14.4 Å². The first-order chi connectivity index (χ1) is 15.3. The summed E-state index contributed by atoms with van der Waals surface area (Å²) in [6.07, 6.45) is 1.59. The van der Waals surface area contributed by atoms with E-state index in [0.717, 1.165) is 5.56 Å². The number of benzene rings is 2. The van der Waals surface area contributed by atoms with Crippen LogP contribution in [-0.4, -0.2) is 28.7 Å². The lowest BCUT2D eigenvalue weighted by Gasteiger charge is -2.22. The zero-order chi connectivity index (χ0) is 23.1. The predicted molar refractivity (Wildman–Crippen MR) is 125 cm³/mol. The number of nitrogens with one attached hydrogen (secondary N) is 3. The smallest absolute Gasteiger partial charge is 0.256 e. The van der Waals surface area contributed by atoms with Crippen molar-refractivity contribution in [1.82, 2.24) is 10.3 Å². The van der Waals surface area contributed by atoms with E-state index in [4.69, 9.17) is 0 Å². The van der Waals surface area contributed by atoms with Crippen LogP contribution in [0.15, 0.2) is 72.9 Å². The van der Waals surface area contributed by atoms with Crippen LogP contribution in [0.5, 0.6) is 0 Å². The van der Waals surface area contributed by atoms with Gasteiger partial charge < -0.3 is 16.0 Å². The third kappa shape index (κ3) is 6.01. The lowest BCUT2D eigenvalue weighted by Crippen LogP contribution is -2.47. The molecule has 1 atom stereocenters. The molecule has 0 fully saturated rings. The monoisotopic (exact) mass is 430 g/mol. The van der Waals surface area contributed by atoms with E-state index >= 15 is 0 Å². The van der Waals surface area contributed by atoms with E-state index in [-0.39, 0.29) is 23.6 Å². The maximum absolute atomic E-state index is 12.9. The van der Waals surface area contributed by atoms with E-state index in [1.165, 1.54) is 0 Å². The molecule has 32 heavy (non-hydrogen) atoms. The minimum absolute atomic E-state index is 0.139. The van der Waals surface area contributed by atoms with Gasteiger partial charge in [-0.25, -0.2) is 4.98 Å². The zero-order valence-corrected chi connectivity index (χ0v) is 18.3. The van der Waals surface area contributed by atoms with Crippen LogP contribution in [0.25, 0.3) is 0 Å². The maximum atomic E-state index is 12.9. The summed E-state index contributed by atoms with van der Waals surface area (Å²) in [4.78, 5) is 42.1. The van der Waals surface area contributed by atoms with E-state index in [9.17, 15) is 14.4 Å². The standard InChI is InChI=1S/C25H26N4O3/c1-16(2)22(29-23(30)18-12-10-17(3)11-13-18)25(32)27-20-8-6-7-19(15-20)24(31)28-21-9-4-5-14-26-21/h4-16,22H,1-3H3,(H,27,32)(H,29,30)(H,26,28,31). The fraction of sp³-hybridized carbons (Fsp3) is 0.200. The molecule has 0 aliphatic heterocycles. The number of carbonyl (C=O) groups excluding carboxylic acids is 3. The summed E-state index contributed by atoms with van der Waals surface area (Å²) in [5.41, 5.74) is 2.37. The highest BCUT2D eigenvalue weighted by atomic mass is 16.2. The summed E-state index contributed by atoms with van der Waals surface area (Å²) >= 11 is 0. The van der Waals surface area contributed by atoms with Gasteiger partial charge in [0.05, 0.1) is 0 Å². The maximum Gasteiger partial charge on any atom is 0.256 e. The minimum Gasteiger partial charge on any atom is -0.340 e. The Kier molecular flexibility index (Phi) is 7.33. The van der Waals surface area contributed by atoms with Gasteiger partial charge in [0.25, 0.3) is 11.8 Å². The molecular formula is C25H26N4O3. The number of anilines is 2. The van der Waals surface area contributed by atoms with Gasteiger partial charge in [-0.2, -0.15) is 0 Å². The molecule has 7 heteroatoms. The Morgan fingerprint density at radius 3 is 2.22 bits per heavy atom. The molecule has 3 aromatic rings. The van der Waals surface area contributed by atoms with Crippen LogP contribution in [0.2, 0.25) is 0 Å². The summed E-state index contributed by atoms with van der Waals surface area (Å²) in [5.74, 6) is -0.719. The largest absolute Gasteiger partial charge is 0.340 e. The van der Waals surface area contributed by atoms with E-state index < -0.39 is 6.04 Å². The van der Waals surface area contributed by atoms with Crippen molar-refractivity contribution in [2.24, 2.45) is 5.92 Å². The van der Waals surface area contributed by atoms with Crippen molar-refractivity contribution in [3.63, 3.8) is 0 Å². The second-order valence-electron chi connectivity index (χ2n) is 7.80. The number of amides is 3. The summed E-state index contributed by atoms with van der Waals surface area (Å²) < 4.78 is 0. The van der Waals surface area contributed by atoms with Gasteiger partial charge in [0, 0.05) is 23.0 Å². The van der Waals surface area contributed by atoms with Crippen LogP contribution >= 0.6 is 0 Å². The van der Waals surface area contributed by atoms with Gasteiger partial charge in [-0.15, -0.1) is 0 Å². The second-order valence-corrected chi connectivity index (χ2v) is 7.80. The number of aryl methyl sites for hydroxylation is 1. The highest BCUT2D eigenvalue weighted by Gasteiger charge is 2.25. The van der Waals surface area contributed by atoms with Crippen molar-refractivity contribution in [2.75, 3.05) is 10.6 Å². The Balaban J connectivity index is 1.68. The van der Waals surface area contributed by atoms with Crippen molar-refractivity contribution in [2.45, 2.75) is 26.8 Å². The van der Waals surface area contributed by atoms with Crippen LogP contribution in [-0.2, 0) is 4.79 Å². The molecule has 0 aliphatic carbocycles. The number of rotatable bonds is 7. The van der Waals surface area contributed by atoms with Crippen LogP contribution in [0, 0.1) is 12.8 Å². The Morgan fingerprint density at radius 2 is 1.56 bits per heavy atom. The minimum atomic E-state index is -0.741. The number of aromatic nitrogens is 1. The van der Waals surface area contributed by atoms with E-state index in [1.54, 1.807) is 60.8 Å². The van der Waals surface area contributed by atoms with Crippen LogP contribution in [0.3, 0.4) is 0 Å². The molecular weight excluding hydrogens is 404 g/mol. The normalized spacial score (nSPS) is 11.5. The molecule has 0 aliphatic rings. The number of hydrogen-bond donors (Lipinski definition) is 3. The summed E-state index contributed by atoms with van der Waals surface area (Å²) in [5, 5.41) is 8.31. The molecule has 1 heterocycles. The molecule has 1 unspecified atom stereocenters. The Labute approximate surface area is 187 Å². The molecule has 3 amide bonds. The molecule has 7 nitrogen and oxygen atoms in total. The lowest BCUT2D eigenvalue weighted by molar-refractivity contribution is -0.118. The molecule has 1 aromatic heterocycles. The summed E-state index contributed by atoms with van der Waals surface area (Å²) in [7, 11) is 0. The second kappa shape index (κ2) is 10.3. The van der Waals surface area contributed by atoms with Gasteiger partial charge in [-0.05, 0) is 55.3 Å². The molecule has 2 aromatic carbocycles. The quantitative estimate of drug-likeness (QED) is 0.527. The van der Waals surface area contributed by atoms with E-state index in [0.29, 0.717) is 22.6 Å². The van der Waals surface area contributed by atoms with Crippen molar-refractivity contribution in [3.05, 3.63) is 89.6 Å². The number of hydrogen-bond acceptors (Lipinski definition) is 4. The van der Waals surface area contributed by atoms with Gasteiger partial charge in [-0.3, -0.25) is 14.4 Å². The molecule has 0 saturated heterocycles. The van der Waals surface area contributed by atoms with Gasteiger partial charge >= 0.3 is 0 Å². The fourth-order valence-electron chi connectivity index (χ4n) is 3.05. The molecule has 3 N–H and O–H groups in total. The van der Waals surface area contributed by atoms with E-state index in [2.05, 4.69) is 20.9 Å². The van der Waals surface area contributed by atoms with Crippen LogP contribution in [0.1, 0.15) is 40.1 Å². The highest BCUT2D eigenvalue weighted by molar-refractivity contribution is 6.05. The molecule has 3 rings (SSSR count). The van der Waals surface area contributed by atoms with Gasteiger partial charge in [0.1, 0.15) is 11.9 Å². The third-order valence-corrected chi connectivity index (χ3v) is 4.85. The van der Waals surface area contributed by atoms with Gasteiger partial charge in [0.2, 0.25) is 5.91 Å². The first-order valence-electron chi connectivity index (χ1n) is 10.3. The van der Waals surface area contributed by atoms with Gasteiger partial charge in [-0.1, -0.05) is 43.7 Å². The van der Waals surface area contributed by atoms with Gasteiger partial charge in [0.15, 0.2) is 0 Å². The topological polar surface area (TPSA) is 100 Å². The fourth-order valence-corrected chi connectivity index (χ4v) is 3.05. The molecule has 0 saturated carbocycles. The third-order valence-electron chi connectivity index (χ3n) is 4.85.